The summed E-state index contributed by atoms with van der Waals surface area (Å²) < 4.78 is 34.8. The van der Waals surface area contributed by atoms with Crippen molar-refractivity contribution in [2.75, 3.05) is 25.2 Å². The Bertz CT molecular complexity index is 924. The van der Waals surface area contributed by atoms with E-state index in [2.05, 4.69) is 0 Å². The van der Waals surface area contributed by atoms with Gasteiger partial charge in [0.15, 0.2) is 16.4 Å². The summed E-state index contributed by atoms with van der Waals surface area (Å²) in [6, 6.07) is 14.5. The Morgan fingerprint density at radius 1 is 1.14 bits per heavy atom. The number of hydrogen-bond donors (Lipinski definition) is 0. The zero-order chi connectivity index (χ0) is 20.1. The van der Waals surface area contributed by atoms with E-state index in [1.54, 1.807) is 12.0 Å². The molecule has 0 spiro atoms. The number of amides is 1. The summed E-state index contributed by atoms with van der Waals surface area (Å²) in [5.74, 6) is 1.18. The summed E-state index contributed by atoms with van der Waals surface area (Å²) in [6.07, 6.45) is 0.447. The van der Waals surface area contributed by atoms with Crippen LogP contribution in [-0.4, -0.2) is 50.5 Å². The lowest BCUT2D eigenvalue weighted by Crippen LogP contribution is -2.43. The summed E-state index contributed by atoms with van der Waals surface area (Å²) in [6.45, 7) is 2.16. The Kier molecular flexibility index (Phi) is 6.24. The molecule has 1 saturated heterocycles. The number of methoxy groups -OCH3 is 1. The summed E-state index contributed by atoms with van der Waals surface area (Å²) in [5.41, 5.74) is 1.99. The Balaban J connectivity index is 1.74. The summed E-state index contributed by atoms with van der Waals surface area (Å²) >= 11 is 0. The second kappa shape index (κ2) is 8.65. The van der Waals surface area contributed by atoms with Crippen LogP contribution in [0.4, 0.5) is 0 Å². The molecule has 0 unspecified atom stereocenters. The highest BCUT2D eigenvalue weighted by molar-refractivity contribution is 7.91. The van der Waals surface area contributed by atoms with Crippen molar-refractivity contribution in [3.63, 3.8) is 0 Å². The van der Waals surface area contributed by atoms with E-state index < -0.39 is 9.84 Å². The average molecular weight is 404 g/mol. The van der Waals surface area contributed by atoms with E-state index in [1.807, 2.05) is 55.5 Å². The van der Waals surface area contributed by atoms with Crippen molar-refractivity contribution in [1.29, 1.82) is 0 Å². The van der Waals surface area contributed by atoms with Crippen molar-refractivity contribution in [2.45, 2.75) is 25.9 Å². The predicted octanol–water partition coefficient (Wildman–Crippen LogP) is 2.60. The number of rotatable bonds is 7. The zero-order valence-electron chi connectivity index (χ0n) is 16.1. The maximum Gasteiger partial charge on any atom is 0.261 e. The van der Waals surface area contributed by atoms with Crippen LogP contribution in [0.3, 0.4) is 0 Å². The molecule has 1 heterocycles. The molecule has 1 amide bonds. The first-order valence-corrected chi connectivity index (χ1v) is 11.0. The van der Waals surface area contributed by atoms with Crippen molar-refractivity contribution < 1.29 is 22.7 Å². The molecule has 6 nitrogen and oxygen atoms in total. The second-order valence-corrected chi connectivity index (χ2v) is 9.26. The highest BCUT2D eigenvalue weighted by Crippen LogP contribution is 2.22. The molecule has 0 N–H and O–H groups in total. The maximum absolute atomic E-state index is 12.9. The van der Waals surface area contributed by atoms with E-state index >= 15 is 0 Å². The van der Waals surface area contributed by atoms with E-state index in [1.165, 1.54) is 0 Å². The molecular weight excluding hydrogens is 378 g/mol. The molecule has 1 atom stereocenters. The molecule has 1 aliphatic rings. The number of aryl methyl sites for hydroxylation is 1. The van der Waals surface area contributed by atoms with Gasteiger partial charge in [-0.15, -0.1) is 0 Å². The highest BCUT2D eigenvalue weighted by atomic mass is 32.2. The van der Waals surface area contributed by atoms with Gasteiger partial charge in [0.1, 0.15) is 11.5 Å². The van der Waals surface area contributed by atoms with Crippen molar-refractivity contribution in [3.8, 4) is 11.5 Å². The van der Waals surface area contributed by atoms with Crippen LogP contribution in [0.25, 0.3) is 0 Å². The van der Waals surface area contributed by atoms with E-state index in [-0.39, 0.29) is 30.1 Å². The van der Waals surface area contributed by atoms with Gasteiger partial charge in [-0.2, -0.15) is 0 Å². The standard InChI is InChI=1S/C21H25NO5S/c1-16-6-8-19(9-7-16)27-14-21(23)22(18-10-11-28(24,25)15-18)13-17-4-3-5-20(12-17)26-2/h3-9,12,18H,10-11,13-15H2,1-2H3/t18-/m1/s1. The van der Waals surface area contributed by atoms with Crippen molar-refractivity contribution >= 4 is 15.7 Å². The van der Waals surface area contributed by atoms with Gasteiger partial charge in [-0.1, -0.05) is 29.8 Å². The van der Waals surface area contributed by atoms with Crippen LogP contribution < -0.4 is 9.47 Å². The van der Waals surface area contributed by atoms with Gasteiger partial charge < -0.3 is 14.4 Å². The Labute approximate surface area is 166 Å². The second-order valence-electron chi connectivity index (χ2n) is 7.03. The van der Waals surface area contributed by atoms with Crippen LogP contribution in [-0.2, 0) is 21.2 Å². The lowest BCUT2D eigenvalue weighted by atomic mass is 10.1. The third-order valence-electron chi connectivity index (χ3n) is 4.84. The van der Waals surface area contributed by atoms with Gasteiger partial charge >= 0.3 is 0 Å². The fourth-order valence-corrected chi connectivity index (χ4v) is 5.00. The average Bonchev–Trinajstić information content (AvgIpc) is 3.05. The SMILES string of the molecule is COc1cccc(CN(C(=O)COc2ccc(C)cc2)[C@@H]2CCS(=O)(=O)C2)c1. The van der Waals surface area contributed by atoms with E-state index in [4.69, 9.17) is 9.47 Å². The number of sulfone groups is 1. The first-order chi connectivity index (χ1) is 13.4. The first kappa shape index (κ1) is 20.2. The van der Waals surface area contributed by atoms with Crippen LogP contribution >= 0.6 is 0 Å². The minimum atomic E-state index is -3.11. The van der Waals surface area contributed by atoms with Gasteiger partial charge in [-0.05, 0) is 43.2 Å². The minimum Gasteiger partial charge on any atom is -0.497 e. The fourth-order valence-electron chi connectivity index (χ4n) is 3.27. The van der Waals surface area contributed by atoms with Gasteiger partial charge in [0.05, 0.1) is 18.6 Å². The molecule has 2 aromatic rings. The summed E-state index contributed by atoms with van der Waals surface area (Å²) in [4.78, 5) is 14.5. The number of carbonyl (C=O) groups excluding carboxylic acids is 1. The zero-order valence-corrected chi connectivity index (χ0v) is 16.9. The third kappa shape index (κ3) is 5.25. The molecule has 150 valence electrons. The molecule has 0 aromatic heterocycles. The van der Waals surface area contributed by atoms with E-state index in [9.17, 15) is 13.2 Å². The monoisotopic (exact) mass is 403 g/mol. The molecule has 0 saturated carbocycles. The quantitative estimate of drug-likeness (QED) is 0.711. The van der Waals surface area contributed by atoms with Gasteiger partial charge in [0.25, 0.3) is 5.91 Å². The molecule has 0 radical (unpaired) electrons. The van der Waals surface area contributed by atoms with Crippen LogP contribution in [0.15, 0.2) is 48.5 Å². The van der Waals surface area contributed by atoms with E-state index in [0.29, 0.717) is 24.5 Å². The topological polar surface area (TPSA) is 72.9 Å². The van der Waals surface area contributed by atoms with Crippen molar-refractivity contribution in [1.82, 2.24) is 4.90 Å². The Morgan fingerprint density at radius 2 is 1.89 bits per heavy atom. The molecule has 2 aromatic carbocycles. The number of carbonyl (C=O) groups is 1. The third-order valence-corrected chi connectivity index (χ3v) is 6.59. The molecule has 0 bridgehead atoms. The molecule has 0 aliphatic carbocycles. The molecule has 1 fully saturated rings. The molecule has 3 rings (SSSR count). The van der Waals surface area contributed by atoms with Crippen LogP contribution in [0, 0.1) is 6.92 Å². The first-order valence-electron chi connectivity index (χ1n) is 9.18. The normalized spacial score (nSPS) is 17.9. The van der Waals surface area contributed by atoms with Crippen molar-refractivity contribution in [3.05, 3.63) is 59.7 Å². The predicted molar refractivity (Wildman–Crippen MR) is 107 cm³/mol. The summed E-state index contributed by atoms with van der Waals surface area (Å²) in [5, 5.41) is 0. The van der Waals surface area contributed by atoms with Crippen LogP contribution in [0.1, 0.15) is 17.5 Å². The van der Waals surface area contributed by atoms with E-state index in [0.717, 1.165) is 11.1 Å². The Hall–Kier alpha value is -2.54. The molecule has 7 heteroatoms. The smallest absolute Gasteiger partial charge is 0.261 e. The number of nitrogens with zero attached hydrogens (tertiary/aromatic N) is 1. The molecular formula is C21H25NO5S. The number of benzene rings is 2. The Morgan fingerprint density at radius 3 is 2.54 bits per heavy atom. The maximum atomic E-state index is 12.9. The van der Waals surface area contributed by atoms with Crippen molar-refractivity contribution in [2.24, 2.45) is 0 Å². The van der Waals surface area contributed by atoms with Gasteiger partial charge in [-0.3, -0.25) is 4.79 Å². The minimum absolute atomic E-state index is 0.00671. The van der Waals surface area contributed by atoms with Crippen LogP contribution in [0.5, 0.6) is 11.5 Å². The van der Waals surface area contributed by atoms with Gasteiger partial charge in [-0.25, -0.2) is 8.42 Å². The highest BCUT2D eigenvalue weighted by Gasteiger charge is 2.34. The number of ether oxygens (including phenoxy) is 2. The summed E-state index contributed by atoms with van der Waals surface area (Å²) in [7, 11) is -1.53. The number of hydrogen-bond acceptors (Lipinski definition) is 5. The molecule has 1 aliphatic heterocycles. The largest absolute Gasteiger partial charge is 0.497 e. The van der Waals surface area contributed by atoms with Crippen LogP contribution in [0.2, 0.25) is 0 Å². The lowest BCUT2D eigenvalue weighted by Gasteiger charge is -2.28. The van der Waals surface area contributed by atoms with Gasteiger partial charge in [0.2, 0.25) is 0 Å². The van der Waals surface area contributed by atoms with Gasteiger partial charge in [0, 0.05) is 12.6 Å². The lowest BCUT2D eigenvalue weighted by molar-refractivity contribution is -0.136. The fraction of sp³-hybridized carbons (Fsp3) is 0.381. The molecule has 28 heavy (non-hydrogen) atoms.